The Bertz CT molecular complexity index is 277. The summed E-state index contributed by atoms with van der Waals surface area (Å²) in [4.78, 5) is 2.56. The van der Waals surface area contributed by atoms with Gasteiger partial charge in [0, 0.05) is 38.2 Å². The minimum Gasteiger partial charge on any atom is -0.381 e. The van der Waals surface area contributed by atoms with Crippen molar-refractivity contribution in [2.75, 3.05) is 39.4 Å². The molecule has 2 aliphatic heterocycles. The average molecular weight is 270 g/mol. The number of rotatable bonds is 5. The van der Waals surface area contributed by atoms with Gasteiger partial charge in [0.05, 0.1) is 18.3 Å². The molecule has 0 aliphatic carbocycles. The van der Waals surface area contributed by atoms with Gasteiger partial charge in [0.2, 0.25) is 0 Å². The molecule has 2 rings (SSSR count). The Labute approximate surface area is 117 Å². The van der Waals surface area contributed by atoms with Gasteiger partial charge in [0.25, 0.3) is 0 Å². The van der Waals surface area contributed by atoms with Crippen LogP contribution in [0.1, 0.15) is 34.1 Å². The van der Waals surface area contributed by atoms with Gasteiger partial charge in [0.1, 0.15) is 0 Å². The van der Waals surface area contributed by atoms with Crippen molar-refractivity contribution in [1.29, 1.82) is 0 Å². The highest BCUT2D eigenvalue weighted by molar-refractivity contribution is 4.88. The maximum Gasteiger partial charge on any atom is 0.0757 e. The Hall–Kier alpha value is -0.160. The first kappa shape index (κ1) is 15.2. The van der Waals surface area contributed by atoms with E-state index in [1.54, 1.807) is 0 Å². The second-order valence-corrected chi connectivity index (χ2v) is 6.67. The predicted molar refractivity (Wildman–Crippen MR) is 77.5 cm³/mol. The van der Waals surface area contributed by atoms with Crippen molar-refractivity contribution in [1.82, 2.24) is 10.2 Å². The Morgan fingerprint density at radius 1 is 1.42 bits per heavy atom. The van der Waals surface area contributed by atoms with Crippen LogP contribution in [0.4, 0.5) is 0 Å². The van der Waals surface area contributed by atoms with E-state index in [2.05, 4.69) is 37.9 Å². The highest BCUT2D eigenvalue weighted by Gasteiger charge is 2.34. The SMILES string of the molecule is CCNC(CN1CC(C)OC(C)(C)C1)C1CCOC1. The van der Waals surface area contributed by atoms with Crippen molar-refractivity contribution in [3.63, 3.8) is 0 Å². The minimum absolute atomic E-state index is 0.0272. The summed E-state index contributed by atoms with van der Waals surface area (Å²) in [6.45, 7) is 14.8. The first-order chi connectivity index (χ1) is 9.00. The molecule has 0 aromatic heterocycles. The summed E-state index contributed by atoms with van der Waals surface area (Å²) in [7, 11) is 0. The van der Waals surface area contributed by atoms with Crippen LogP contribution in [0.2, 0.25) is 0 Å². The van der Waals surface area contributed by atoms with Crippen LogP contribution in [0.15, 0.2) is 0 Å². The monoisotopic (exact) mass is 270 g/mol. The molecule has 3 unspecified atom stereocenters. The molecule has 1 N–H and O–H groups in total. The smallest absolute Gasteiger partial charge is 0.0757 e. The molecule has 2 fully saturated rings. The van der Waals surface area contributed by atoms with Crippen LogP contribution in [0, 0.1) is 5.92 Å². The molecule has 112 valence electrons. The highest BCUT2D eigenvalue weighted by atomic mass is 16.5. The van der Waals surface area contributed by atoms with Crippen LogP contribution < -0.4 is 5.32 Å². The number of nitrogens with zero attached hydrogens (tertiary/aromatic N) is 1. The van der Waals surface area contributed by atoms with Gasteiger partial charge in [-0.1, -0.05) is 6.92 Å². The number of nitrogens with one attached hydrogen (secondary N) is 1. The zero-order chi connectivity index (χ0) is 13.9. The zero-order valence-electron chi connectivity index (χ0n) is 12.9. The summed E-state index contributed by atoms with van der Waals surface area (Å²) in [5.41, 5.74) is -0.0272. The van der Waals surface area contributed by atoms with E-state index in [1.807, 2.05) is 0 Å². The molecule has 0 radical (unpaired) electrons. The van der Waals surface area contributed by atoms with Gasteiger partial charge in [-0.05, 0) is 33.7 Å². The molecule has 0 saturated carbocycles. The first-order valence-electron chi connectivity index (χ1n) is 7.71. The molecule has 0 aromatic rings. The van der Waals surface area contributed by atoms with Crippen LogP contribution in [0.25, 0.3) is 0 Å². The third kappa shape index (κ3) is 4.42. The Morgan fingerprint density at radius 3 is 2.79 bits per heavy atom. The molecule has 0 aromatic carbocycles. The van der Waals surface area contributed by atoms with Gasteiger partial charge in [0.15, 0.2) is 0 Å². The van der Waals surface area contributed by atoms with Gasteiger partial charge in [-0.15, -0.1) is 0 Å². The minimum atomic E-state index is -0.0272. The lowest BCUT2D eigenvalue weighted by Crippen LogP contribution is -2.56. The summed E-state index contributed by atoms with van der Waals surface area (Å²) in [5.74, 6) is 0.668. The summed E-state index contributed by atoms with van der Waals surface area (Å²) < 4.78 is 11.5. The van der Waals surface area contributed by atoms with Gasteiger partial charge in [-0.3, -0.25) is 4.90 Å². The number of morpholine rings is 1. The molecule has 0 spiro atoms. The van der Waals surface area contributed by atoms with Gasteiger partial charge in [-0.25, -0.2) is 0 Å². The van der Waals surface area contributed by atoms with Crippen molar-refractivity contribution < 1.29 is 9.47 Å². The maximum absolute atomic E-state index is 5.98. The Kier molecular flexibility index (Phi) is 5.23. The van der Waals surface area contributed by atoms with Gasteiger partial charge >= 0.3 is 0 Å². The molecular weight excluding hydrogens is 240 g/mol. The van der Waals surface area contributed by atoms with Gasteiger partial charge in [-0.2, -0.15) is 0 Å². The predicted octanol–water partition coefficient (Wildman–Crippen LogP) is 1.50. The summed E-state index contributed by atoms with van der Waals surface area (Å²) >= 11 is 0. The molecule has 0 bridgehead atoms. The van der Waals surface area contributed by atoms with Crippen molar-refractivity contribution in [2.24, 2.45) is 5.92 Å². The lowest BCUT2D eigenvalue weighted by atomic mass is 9.97. The second-order valence-electron chi connectivity index (χ2n) is 6.67. The van der Waals surface area contributed by atoms with Crippen LogP contribution in [0.5, 0.6) is 0 Å². The highest BCUT2D eigenvalue weighted by Crippen LogP contribution is 2.23. The van der Waals surface area contributed by atoms with Crippen molar-refractivity contribution >= 4 is 0 Å². The maximum atomic E-state index is 5.98. The van der Waals surface area contributed by atoms with Crippen LogP contribution in [-0.4, -0.2) is 62.0 Å². The molecule has 0 amide bonds. The number of hydrogen-bond acceptors (Lipinski definition) is 4. The molecule has 2 heterocycles. The van der Waals surface area contributed by atoms with Crippen molar-refractivity contribution in [2.45, 2.75) is 51.9 Å². The quantitative estimate of drug-likeness (QED) is 0.821. The van der Waals surface area contributed by atoms with Crippen molar-refractivity contribution in [3.8, 4) is 0 Å². The van der Waals surface area contributed by atoms with E-state index in [0.29, 0.717) is 18.1 Å². The molecule has 19 heavy (non-hydrogen) atoms. The number of ether oxygens (including phenoxy) is 2. The van der Waals surface area contributed by atoms with E-state index in [-0.39, 0.29) is 5.60 Å². The lowest BCUT2D eigenvalue weighted by Gasteiger charge is -2.43. The third-order valence-corrected chi connectivity index (χ3v) is 4.10. The molecular formula is C15H30N2O2. The van der Waals surface area contributed by atoms with E-state index in [4.69, 9.17) is 9.47 Å². The molecule has 2 aliphatic rings. The molecule has 4 heteroatoms. The summed E-state index contributed by atoms with van der Waals surface area (Å²) in [5, 5.41) is 3.65. The van der Waals surface area contributed by atoms with Crippen LogP contribution >= 0.6 is 0 Å². The van der Waals surface area contributed by atoms with Crippen LogP contribution in [-0.2, 0) is 9.47 Å². The Morgan fingerprint density at radius 2 is 2.21 bits per heavy atom. The van der Waals surface area contributed by atoms with E-state index in [1.165, 1.54) is 6.42 Å². The number of hydrogen-bond donors (Lipinski definition) is 1. The zero-order valence-corrected chi connectivity index (χ0v) is 12.9. The van der Waals surface area contributed by atoms with Gasteiger partial charge < -0.3 is 14.8 Å². The van der Waals surface area contributed by atoms with Crippen molar-refractivity contribution in [3.05, 3.63) is 0 Å². The van der Waals surface area contributed by atoms with E-state index < -0.39 is 0 Å². The average Bonchev–Trinajstić information content (AvgIpc) is 2.78. The normalized spacial score (nSPS) is 33.5. The number of likely N-dealkylation sites (N-methyl/N-ethyl adjacent to an activating group) is 1. The van der Waals surface area contributed by atoms with E-state index in [0.717, 1.165) is 39.4 Å². The van der Waals surface area contributed by atoms with E-state index >= 15 is 0 Å². The van der Waals surface area contributed by atoms with Crippen LogP contribution in [0.3, 0.4) is 0 Å². The fourth-order valence-electron chi connectivity index (χ4n) is 3.52. The molecule has 4 nitrogen and oxygen atoms in total. The molecule has 2 saturated heterocycles. The second kappa shape index (κ2) is 6.53. The van der Waals surface area contributed by atoms with E-state index in [9.17, 15) is 0 Å². The Balaban J connectivity index is 1.92. The third-order valence-electron chi connectivity index (χ3n) is 4.10. The largest absolute Gasteiger partial charge is 0.381 e. The fraction of sp³-hybridized carbons (Fsp3) is 1.00. The standard InChI is InChI=1S/C15H30N2O2/c1-5-16-14(13-6-7-18-10-13)9-17-8-12(2)19-15(3,4)11-17/h12-14,16H,5-11H2,1-4H3. The first-order valence-corrected chi connectivity index (χ1v) is 7.71. The molecule has 3 atom stereocenters. The topological polar surface area (TPSA) is 33.7 Å². The fourth-order valence-corrected chi connectivity index (χ4v) is 3.52. The lowest BCUT2D eigenvalue weighted by molar-refractivity contribution is -0.130. The summed E-state index contributed by atoms with van der Waals surface area (Å²) in [6, 6.07) is 0.550. The summed E-state index contributed by atoms with van der Waals surface area (Å²) in [6.07, 6.45) is 1.52.